The number of nitrogens with two attached hydrogens (primary N) is 1. The Morgan fingerprint density at radius 3 is 2.78 bits per heavy atom. The first-order valence-corrected chi connectivity index (χ1v) is 5.89. The second-order valence-electron chi connectivity index (χ2n) is 4.25. The van der Waals surface area contributed by atoms with E-state index >= 15 is 0 Å². The van der Waals surface area contributed by atoms with E-state index in [2.05, 4.69) is 20.4 Å². The molecule has 2 heterocycles. The van der Waals surface area contributed by atoms with E-state index in [9.17, 15) is 0 Å². The predicted molar refractivity (Wildman–Crippen MR) is 71.3 cm³/mol. The van der Waals surface area contributed by atoms with Gasteiger partial charge in [-0.2, -0.15) is 5.10 Å². The van der Waals surface area contributed by atoms with Gasteiger partial charge in [-0.3, -0.25) is 4.68 Å². The number of hydrogen-bond acceptors (Lipinski definition) is 5. The molecule has 0 aliphatic carbocycles. The van der Waals surface area contributed by atoms with E-state index in [4.69, 9.17) is 5.73 Å². The first-order chi connectivity index (χ1) is 8.58. The highest BCUT2D eigenvalue weighted by molar-refractivity contribution is 5.54. The molecule has 2 aromatic heterocycles. The molecule has 3 N–H and O–H groups in total. The van der Waals surface area contributed by atoms with E-state index in [1.165, 1.54) is 5.69 Å². The van der Waals surface area contributed by atoms with Crippen molar-refractivity contribution in [3.05, 3.63) is 29.3 Å². The summed E-state index contributed by atoms with van der Waals surface area (Å²) in [5.41, 5.74) is 7.88. The Hall–Kier alpha value is -2.11. The van der Waals surface area contributed by atoms with Gasteiger partial charge in [-0.1, -0.05) is 0 Å². The van der Waals surface area contributed by atoms with Crippen LogP contribution < -0.4 is 11.1 Å². The minimum Gasteiger partial charge on any atom is -0.383 e. The second-order valence-corrected chi connectivity index (χ2v) is 4.25. The summed E-state index contributed by atoms with van der Waals surface area (Å²) >= 11 is 0. The summed E-state index contributed by atoms with van der Waals surface area (Å²) in [4.78, 5) is 8.47. The van der Waals surface area contributed by atoms with Crippen molar-refractivity contribution in [1.29, 1.82) is 0 Å². The van der Waals surface area contributed by atoms with Crippen LogP contribution in [0.2, 0.25) is 0 Å². The zero-order chi connectivity index (χ0) is 13.1. The van der Waals surface area contributed by atoms with Gasteiger partial charge in [0.25, 0.3) is 0 Å². The van der Waals surface area contributed by atoms with Gasteiger partial charge in [0, 0.05) is 37.5 Å². The normalized spacial score (nSPS) is 10.6. The van der Waals surface area contributed by atoms with Gasteiger partial charge >= 0.3 is 0 Å². The number of rotatable bonds is 4. The quantitative estimate of drug-likeness (QED) is 0.843. The molecule has 0 bridgehead atoms. The molecular formula is C12H18N6. The summed E-state index contributed by atoms with van der Waals surface area (Å²) in [5, 5.41) is 7.42. The number of nitrogens with one attached hydrogen (secondary N) is 1. The fourth-order valence-electron chi connectivity index (χ4n) is 1.78. The molecule has 0 spiro atoms. The molecule has 0 aliphatic heterocycles. The Bertz CT molecular complexity index is 545. The molecule has 0 amide bonds. The molecule has 2 rings (SSSR count). The molecule has 0 unspecified atom stereocenters. The lowest BCUT2D eigenvalue weighted by Crippen LogP contribution is -2.12. The minimum atomic E-state index is 0.533. The Morgan fingerprint density at radius 1 is 1.33 bits per heavy atom. The number of anilines is 2. The van der Waals surface area contributed by atoms with Crippen molar-refractivity contribution in [3.63, 3.8) is 0 Å². The van der Waals surface area contributed by atoms with Crippen LogP contribution >= 0.6 is 0 Å². The van der Waals surface area contributed by atoms with Crippen LogP contribution in [-0.2, 0) is 13.5 Å². The standard InChI is InChI=1S/C12H18N6/c1-8-11(13)16-9(2)17-12(8)14-6-4-10-5-7-15-18(10)3/h5,7H,4,6H2,1-3H3,(H3,13,14,16,17). The fourth-order valence-corrected chi connectivity index (χ4v) is 1.78. The molecule has 96 valence electrons. The Morgan fingerprint density at radius 2 is 2.11 bits per heavy atom. The van der Waals surface area contributed by atoms with E-state index in [1.807, 2.05) is 31.6 Å². The number of aromatic nitrogens is 4. The van der Waals surface area contributed by atoms with Crippen molar-refractivity contribution in [1.82, 2.24) is 19.7 Å². The molecule has 0 fully saturated rings. The summed E-state index contributed by atoms with van der Waals surface area (Å²) in [6.45, 7) is 4.54. The lowest BCUT2D eigenvalue weighted by Gasteiger charge is -2.10. The third-order valence-electron chi connectivity index (χ3n) is 2.89. The van der Waals surface area contributed by atoms with Crippen LogP contribution in [0.5, 0.6) is 0 Å². The smallest absolute Gasteiger partial charge is 0.134 e. The van der Waals surface area contributed by atoms with Gasteiger partial charge in [0.05, 0.1) is 0 Å². The molecular weight excluding hydrogens is 228 g/mol. The summed E-state index contributed by atoms with van der Waals surface area (Å²) in [6, 6.07) is 2.01. The maximum Gasteiger partial charge on any atom is 0.134 e. The lowest BCUT2D eigenvalue weighted by atomic mass is 10.2. The van der Waals surface area contributed by atoms with E-state index < -0.39 is 0 Å². The largest absolute Gasteiger partial charge is 0.383 e. The molecule has 18 heavy (non-hydrogen) atoms. The number of hydrogen-bond donors (Lipinski definition) is 2. The third-order valence-corrected chi connectivity index (χ3v) is 2.89. The number of nitrogen functional groups attached to an aromatic ring is 1. The van der Waals surface area contributed by atoms with Crippen LogP contribution in [0.1, 0.15) is 17.1 Å². The van der Waals surface area contributed by atoms with E-state index in [-0.39, 0.29) is 0 Å². The first kappa shape index (κ1) is 12.3. The van der Waals surface area contributed by atoms with Crippen LogP contribution in [-0.4, -0.2) is 26.3 Å². The first-order valence-electron chi connectivity index (χ1n) is 5.89. The Labute approximate surface area is 106 Å². The van der Waals surface area contributed by atoms with Crippen LogP contribution in [0.25, 0.3) is 0 Å². The summed E-state index contributed by atoms with van der Waals surface area (Å²) in [5.74, 6) is 2.02. The molecule has 0 aromatic carbocycles. The zero-order valence-electron chi connectivity index (χ0n) is 10.9. The van der Waals surface area contributed by atoms with Gasteiger partial charge in [-0.25, -0.2) is 9.97 Å². The third kappa shape index (κ3) is 2.58. The maximum absolute atomic E-state index is 5.81. The fraction of sp³-hybridized carbons (Fsp3) is 0.417. The van der Waals surface area contributed by atoms with Gasteiger partial charge in [0.15, 0.2) is 0 Å². The van der Waals surface area contributed by atoms with Gasteiger partial charge in [-0.05, 0) is 19.9 Å². The Kier molecular flexibility index (Phi) is 3.45. The van der Waals surface area contributed by atoms with Crippen LogP contribution in [0.4, 0.5) is 11.6 Å². The van der Waals surface area contributed by atoms with E-state index in [1.54, 1.807) is 6.20 Å². The van der Waals surface area contributed by atoms with Crippen molar-refractivity contribution >= 4 is 11.6 Å². The molecule has 6 heteroatoms. The van der Waals surface area contributed by atoms with Gasteiger partial charge in [0.1, 0.15) is 17.5 Å². The van der Waals surface area contributed by atoms with Gasteiger partial charge in [-0.15, -0.1) is 0 Å². The SMILES string of the molecule is Cc1nc(N)c(C)c(NCCc2ccnn2C)n1. The second kappa shape index (κ2) is 5.03. The van der Waals surface area contributed by atoms with Crippen molar-refractivity contribution in [2.75, 3.05) is 17.6 Å². The van der Waals surface area contributed by atoms with E-state index in [0.717, 1.165) is 24.3 Å². The monoisotopic (exact) mass is 246 g/mol. The van der Waals surface area contributed by atoms with Gasteiger partial charge in [0.2, 0.25) is 0 Å². The lowest BCUT2D eigenvalue weighted by molar-refractivity contribution is 0.710. The van der Waals surface area contributed by atoms with Gasteiger partial charge < -0.3 is 11.1 Å². The van der Waals surface area contributed by atoms with Crippen LogP contribution in [0.3, 0.4) is 0 Å². The molecule has 0 saturated heterocycles. The Balaban J connectivity index is 2.01. The molecule has 0 saturated carbocycles. The maximum atomic E-state index is 5.81. The van der Waals surface area contributed by atoms with Crippen molar-refractivity contribution in [3.8, 4) is 0 Å². The van der Waals surface area contributed by atoms with Crippen molar-refractivity contribution < 1.29 is 0 Å². The van der Waals surface area contributed by atoms with E-state index in [0.29, 0.717) is 11.6 Å². The summed E-state index contributed by atoms with van der Waals surface area (Å²) in [7, 11) is 1.94. The summed E-state index contributed by atoms with van der Waals surface area (Å²) < 4.78 is 1.87. The topological polar surface area (TPSA) is 81.6 Å². The highest BCUT2D eigenvalue weighted by atomic mass is 15.3. The number of nitrogens with zero attached hydrogens (tertiary/aromatic N) is 4. The van der Waals surface area contributed by atoms with Crippen molar-refractivity contribution in [2.45, 2.75) is 20.3 Å². The average molecular weight is 246 g/mol. The van der Waals surface area contributed by atoms with Crippen LogP contribution in [0.15, 0.2) is 12.3 Å². The van der Waals surface area contributed by atoms with Crippen molar-refractivity contribution in [2.24, 2.45) is 7.05 Å². The number of aryl methyl sites for hydroxylation is 2. The highest BCUT2D eigenvalue weighted by Gasteiger charge is 2.06. The molecule has 2 aromatic rings. The highest BCUT2D eigenvalue weighted by Crippen LogP contribution is 2.16. The molecule has 0 radical (unpaired) electrons. The summed E-state index contributed by atoms with van der Waals surface area (Å²) in [6.07, 6.45) is 2.69. The molecule has 6 nitrogen and oxygen atoms in total. The average Bonchev–Trinajstić information content (AvgIpc) is 2.71. The van der Waals surface area contributed by atoms with Crippen LogP contribution in [0, 0.1) is 13.8 Å². The minimum absolute atomic E-state index is 0.533. The zero-order valence-corrected chi connectivity index (χ0v) is 10.9. The molecule has 0 aliphatic rings. The predicted octanol–water partition coefficient (Wildman–Crippen LogP) is 1.06. The molecule has 0 atom stereocenters.